The van der Waals surface area contributed by atoms with Crippen molar-refractivity contribution in [3.63, 3.8) is 0 Å². The van der Waals surface area contributed by atoms with E-state index in [1.54, 1.807) is 26.6 Å². The Morgan fingerprint density at radius 1 is 1.06 bits per heavy atom. The second-order valence-electron chi connectivity index (χ2n) is 7.79. The number of aromatic nitrogens is 2. The highest BCUT2D eigenvalue weighted by molar-refractivity contribution is 6.32. The predicted molar refractivity (Wildman–Crippen MR) is 129 cm³/mol. The van der Waals surface area contributed by atoms with Crippen LogP contribution < -0.4 is 19.1 Å². The first-order valence-corrected chi connectivity index (χ1v) is 11.2. The van der Waals surface area contributed by atoms with E-state index >= 15 is 0 Å². The molecule has 0 aliphatic carbocycles. The maximum Gasteiger partial charge on any atom is 0.180 e. The molecule has 0 atom stereocenters. The summed E-state index contributed by atoms with van der Waals surface area (Å²) in [7, 11) is 3.25. The lowest BCUT2D eigenvalue weighted by Crippen LogP contribution is -2.36. The summed E-state index contributed by atoms with van der Waals surface area (Å²) in [6.07, 6.45) is 3.56. The normalized spacial score (nSPS) is 13.7. The second kappa shape index (κ2) is 10.3. The zero-order valence-electron chi connectivity index (χ0n) is 19.4. The molecule has 3 heterocycles. The van der Waals surface area contributed by atoms with Gasteiger partial charge in [0, 0.05) is 42.2 Å². The van der Waals surface area contributed by atoms with Crippen LogP contribution in [0.15, 0.2) is 36.7 Å². The number of pyridine rings is 2. The van der Waals surface area contributed by atoms with E-state index in [2.05, 4.69) is 20.9 Å². The first kappa shape index (κ1) is 23.1. The Morgan fingerprint density at radius 2 is 1.85 bits per heavy atom. The van der Waals surface area contributed by atoms with Crippen LogP contribution in [0, 0.1) is 13.8 Å². The molecule has 0 bridgehead atoms. The van der Waals surface area contributed by atoms with Gasteiger partial charge in [-0.15, -0.1) is 0 Å². The van der Waals surface area contributed by atoms with Gasteiger partial charge in [-0.3, -0.25) is 9.97 Å². The third-order valence-electron chi connectivity index (χ3n) is 5.74. The fourth-order valence-corrected chi connectivity index (χ4v) is 4.30. The van der Waals surface area contributed by atoms with Gasteiger partial charge in [0.2, 0.25) is 0 Å². The van der Waals surface area contributed by atoms with Crippen molar-refractivity contribution in [2.24, 2.45) is 0 Å². The molecule has 8 heteroatoms. The number of rotatable bonds is 7. The minimum Gasteiger partial charge on any atom is -0.496 e. The molecule has 0 unspecified atom stereocenters. The van der Waals surface area contributed by atoms with E-state index in [1.165, 1.54) is 0 Å². The van der Waals surface area contributed by atoms with Crippen molar-refractivity contribution in [2.45, 2.75) is 20.5 Å². The van der Waals surface area contributed by atoms with E-state index in [9.17, 15) is 0 Å². The maximum atomic E-state index is 6.68. The molecule has 7 nitrogen and oxygen atoms in total. The van der Waals surface area contributed by atoms with Crippen molar-refractivity contribution in [3.05, 3.63) is 58.5 Å². The van der Waals surface area contributed by atoms with Gasteiger partial charge in [-0.2, -0.15) is 0 Å². The highest BCUT2D eigenvalue weighted by atomic mass is 35.5. The molecule has 33 heavy (non-hydrogen) atoms. The maximum absolute atomic E-state index is 6.68. The molecule has 174 valence electrons. The fourth-order valence-electron chi connectivity index (χ4n) is 4.03. The molecule has 3 aromatic rings. The molecule has 1 aliphatic heterocycles. The van der Waals surface area contributed by atoms with E-state index in [0.29, 0.717) is 29.7 Å². The number of morpholine rings is 1. The summed E-state index contributed by atoms with van der Waals surface area (Å²) < 4.78 is 22.7. The summed E-state index contributed by atoms with van der Waals surface area (Å²) in [6, 6.07) is 7.78. The van der Waals surface area contributed by atoms with E-state index < -0.39 is 0 Å². The van der Waals surface area contributed by atoms with Crippen LogP contribution in [0.1, 0.15) is 16.8 Å². The van der Waals surface area contributed by atoms with Crippen LogP contribution in [0.4, 0.5) is 5.69 Å². The number of nitrogens with zero attached hydrogens (tertiary/aromatic N) is 3. The van der Waals surface area contributed by atoms with Gasteiger partial charge < -0.3 is 23.8 Å². The molecule has 1 saturated heterocycles. The van der Waals surface area contributed by atoms with Crippen LogP contribution in [-0.2, 0) is 11.3 Å². The number of anilines is 1. The van der Waals surface area contributed by atoms with Gasteiger partial charge in [0.05, 0.1) is 49.5 Å². The molecule has 0 radical (unpaired) electrons. The Morgan fingerprint density at radius 3 is 2.58 bits per heavy atom. The van der Waals surface area contributed by atoms with E-state index in [1.807, 2.05) is 32.0 Å². The number of benzene rings is 1. The lowest BCUT2D eigenvalue weighted by Gasteiger charge is -2.30. The molecule has 0 saturated carbocycles. The number of hydrogen-bond acceptors (Lipinski definition) is 7. The zero-order chi connectivity index (χ0) is 23.4. The lowest BCUT2D eigenvalue weighted by molar-refractivity contribution is 0.122. The quantitative estimate of drug-likeness (QED) is 0.490. The molecular formula is C25H28ClN3O4. The predicted octanol–water partition coefficient (Wildman–Crippen LogP) is 4.85. The fraction of sp³-hybridized carbons (Fsp3) is 0.360. The molecule has 1 aliphatic rings. The minimum atomic E-state index is 0.237. The summed E-state index contributed by atoms with van der Waals surface area (Å²) in [5.74, 6) is 1.81. The SMILES string of the molecule is COc1cc(-c2ncccc2N2CCOCC2)cc(Cl)c1OCc1ncc(C)c(OC)c1C. The second-order valence-corrected chi connectivity index (χ2v) is 8.20. The molecule has 1 fully saturated rings. The molecule has 1 aromatic carbocycles. The van der Waals surface area contributed by atoms with Crippen LogP contribution in [0.3, 0.4) is 0 Å². The summed E-state index contributed by atoms with van der Waals surface area (Å²) in [6.45, 7) is 7.19. The number of aryl methyl sites for hydroxylation is 1. The van der Waals surface area contributed by atoms with Crippen molar-refractivity contribution in [1.29, 1.82) is 0 Å². The Kier molecular flexibility index (Phi) is 7.20. The molecule has 0 spiro atoms. The van der Waals surface area contributed by atoms with Crippen LogP contribution in [0.5, 0.6) is 17.2 Å². The van der Waals surface area contributed by atoms with Crippen LogP contribution in [0.2, 0.25) is 5.02 Å². The number of halogens is 1. The first-order valence-electron chi connectivity index (χ1n) is 10.8. The lowest BCUT2D eigenvalue weighted by atomic mass is 10.1. The molecule has 2 aromatic heterocycles. The topological polar surface area (TPSA) is 65.9 Å². The largest absolute Gasteiger partial charge is 0.496 e. The summed E-state index contributed by atoms with van der Waals surface area (Å²) in [5, 5.41) is 0.444. The van der Waals surface area contributed by atoms with Crippen molar-refractivity contribution >= 4 is 17.3 Å². The number of hydrogen-bond donors (Lipinski definition) is 0. The van der Waals surface area contributed by atoms with Gasteiger partial charge in [-0.25, -0.2) is 0 Å². The Hall–Kier alpha value is -3.03. The summed E-state index contributed by atoms with van der Waals surface area (Å²) >= 11 is 6.68. The number of ether oxygens (including phenoxy) is 4. The van der Waals surface area contributed by atoms with Gasteiger partial charge in [0.25, 0.3) is 0 Å². The highest BCUT2D eigenvalue weighted by Gasteiger charge is 2.20. The van der Waals surface area contributed by atoms with Crippen molar-refractivity contribution in [3.8, 4) is 28.5 Å². The molecule has 0 N–H and O–H groups in total. The standard InChI is InChI=1S/C25H28ClN3O4/c1-16-14-28-20(17(2)24(16)31-4)15-33-25-19(26)12-18(13-22(25)30-3)23-21(6-5-7-27-23)29-8-10-32-11-9-29/h5-7,12-14H,8-11,15H2,1-4H3. The summed E-state index contributed by atoms with van der Waals surface area (Å²) in [5.41, 5.74) is 5.43. The molecule has 0 amide bonds. The van der Waals surface area contributed by atoms with Gasteiger partial charge >= 0.3 is 0 Å². The Balaban J connectivity index is 1.64. The molecule has 4 rings (SSSR count). The number of methoxy groups -OCH3 is 2. The van der Waals surface area contributed by atoms with E-state index in [0.717, 1.165) is 52.6 Å². The van der Waals surface area contributed by atoms with Gasteiger partial charge in [-0.1, -0.05) is 11.6 Å². The highest BCUT2D eigenvalue weighted by Crippen LogP contribution is 2.41. The van der Waals surface area contributed by atoms with Crippen LogP contribution in [-0.4, -0.2) is 50.5 Å². The average Bonchev–Trinajstić information content (AvgIpc) is 2.84. The molecular weight excluding hydrogens is 442 g/mol. The third-order valence-corrected chi connectivity index (χ3v) is 6.02. The van der Waals surface area contributed by atoms with E-state index in [-0.39, 0.29) is 6.61 Å². The van der Waals surface area contributed by atoms with Gasteiger partial charge in [0.15, 0.2) is 11.5 Å². The van der Waals surface area contributed by atoms with Crippen LogP contribution in [0.25, 0.3) is 11.3 Å². The third kappa shape index (κ3) is 4.84. The zero-order valence-corrected chi connectivity index (χ0v) is 20.1. The Bertz CT molecular complexity index is 1130. The van der Waals surface area contributed by atoms with Crippen molar-refractivity contribution in [2.75, 3.05) is 45.4 Å². The van der Waals surface area contributed by atoms with Crippen molar-refractivity contribution in [1.82, 2.24) is 9.97 Å². The summed E-state index contributed by atoms with van der Waals surface area (Å²) in [4.78, 5) is 11.4. The van der Waals surface area contributed by atoms with Crippen molar-refractivity contribution < 1.29 is 18.9 Å². The van der Waals surface area contributed by atoms with Gasteiger partial charge in [-0.05, 0) is 38.1 Å². The minimum absolute atomic E-state index is 0.237. The average molecular weight is 470 g/mol. The van der Waals surface area contributed by atoms with Gasteiger partial charge in [0.1, 0.15) is 12.4 Å². The van der Waals surface area contributed by atoms with E-state index in [4.69, 9.17) is 30.5 Å². The smallest absolute Gasteiger partial charge is 0.180 e. The Labute approximate surface area is 199 Å². The first-order chi connectivity index (χ1) is 16.0. The van der Waals surface area contributed by atoms with Crippen LogP contribution >= 0.6 is 11.6 Å². The monoisotopic (exact) mass is 469 g/mol.